The Balaban J connectivity index is 1.72. The topological polar surface area (TPSA) is 110 Å². The minimum Gasteiger partial charge on any atom is -0.497 e. The maximum atomic E-state index is 12.4. The molecule has 9 heteroatoms. The average Bonchev–Trinajstić information content (AvgIpc) is 2.73. The number of benzene rings is 1. The summed E-state index contributed by atoms with van der Waals surface area (Å²) in [5, 5.41) is 0.758. The van der Waals surface area contributed by atoms with Gasteiger partial charge in [0.15, 0.2) is 0 Å². The summed E-state index contributed by atoms with van der Waals surface area (Å²) in [4.78, 5) is 48.2. The van der Waals surface area contributed by atoms with Crippen LogP contribution in [0.1, 0.15) is 23.2 Å². The Labute approximate surface area is 171 Å². The highest BCUT2D eigenvalue weighted by atomic mass is 16.5. The Kier molecular flexibility index (Phi) is 5.91. The summed E-state index contributed by atoms with van der Waals surface area (Å²) >= 11 is 0. The van der Waals surface area contributed by atoms with Gasteiger partial charge in [0.05, 0.1) is 12.8 Å². The number of fused-ring (bicyclic) bond motifs is 1. The van der Waals surface area contributed by atoms with E-state index in [1.165, 1.54) is 31.8 Å². The summed E-state index contributed by atoms with van der Waals surface area (Å²) in [7, 11) is 4.38. The molecule has 0 atom stereocenters. The number of esters is 1. The van der Waals surface area contributed by atoms with Gasteiger partial charge in [-0.1, -0.05) is 0 Å². The number of aromatic nitrogens is 2. The maximum absolute atomic E-state index is 12.4. The molecule has 0 radical (unpaired) electrons. The molecule has 0 amide bonds. The van der Waals surface area contributed by atoms with Gasteiger partial charge in [-0.15, -0.1) is 0 Å². The Hall–Kier alpha value is -3.62. The number of ether oxygens (including phenoxy) is 2. The molecule has 9 nitrogen and oxygen atoms in total. The minimum absolute atomic E-state index is 0.0496. The molecule has 0 saturated heterocycles. The van der Waals surface area contributed by atoms with Gasteiger partial charge in [-0.05, 0) is 31.0 Å². The molecule has 30 heavy (non-hydrogen) atoms. The molecule has 0 unspecified atom stereocenters. The summed E-state index contributed by atoms with van der Waals surface area (Å²) in [5.74, 6) is 0.0169. The van der Waals surface area contributed by atoms with Gasteiger partial charge < -0.3 is 13.9 Å². The molecule has 0 N–H and O–H groups in total. The fourth-order valence-corrected chi connectivity index (χ4v) is 3.16. The lowest BCUT2D eigenvalue weighted by atomic mass is 10.0. The van der Waals surface area contributed by atoms with Crippen molar-refractivity contribution in [2.45, 2.75) is 26.4 Å². The van der Waals surface area contributed by atoms with Crippen molar-refractivity contribution >= 4 is 16.9 Å². The third-order valence-corrected chi connectivity index (χ3v) is 5.08. The quantitative estimate of drug-likeness (QED) is 0.440. The average molecular weight is 414 g/mol. The van der Waals surface area contributed by atoms with Crippen LogP contribution in [0.15, 0.2) is 43.1 Å². The SMILES string of the molecule is COc1ccc2c(C)c(CCC(=O)OCc3cc(=O)n(C)c(=O)n3C)c(=O)oc2c1. The Morgan fingerprint density at radius 1 is 1.10 bits per heavy atom. The predicted molar refractivity (Wildman–Crippen MR) is 109 cm³/mol. The minimum atomic E-state index is -0.559. The van der Waals surface area contributed by atoms with E-state index in [4.69, 9.17) is 13.9 Å². The number of aryl methyl sites for hydroxylation is 1. The monoisotopic (exact) mass is 414 g/mol. The first-order valence-corrected chi connectivity index (χ1v) is 9.24. The van der Waals surface area contributed by atoms with E-state index in [2.05, 4.69) is 0 Å². The van der Waals surface area contributed by atoms with E-state index in [0.29, 0.717) is 16.9 Å². The van der Waals surface area contributed by atoms with Crippen molar-refractivity contribution in [3.63, 3.8) is 0 Å². The molecule has 0 bridgehead atoms. The number of nitrogens with zero attached hydrogens (tertiary/aromatic N) is 2. The third-order valence-electron chi connectivity index (χ3n) is 5.08. The summed E-state index contributed by atoms with van der Waals surface area (Å²) in [6.45, 7) is 1.58. The molecule has 158 valence electrons. The number of hydrogen-bond acceptors (Lipinski definition) is 7. The van der Waals surface area contributed by atoms with Crippen LogP contribution in [0.4, 0.5) is 0 Å². The van der Waals surface area contributed by atoms with Crippen LogP contribution in [0.5, 0.6) is 5.75 Å². The third kappa shape index (κ3) is 4.05. The molecule has 1 aromatic carbocycles. The second-order valence-electron chi connectivity index (χ2n) is 6.89. The summed E-state index contributed by atoms with van der Waals surface area (Å²) in [5.41, 5.74) is 0.313. The zero-order chi connectivity index (χ0) is 22.0. The zero-order valence-electron chi connectivity index (χ0n) is 17.2. The number of hydrogen-bond donors (Lipinski definition) is 0. The Morgan fingerprint density at radius 3 is 2.53 bits per heavy atom. The van der Waals surface area contributed by atoms with Crippen molar-refractivity contribution in [2.24, 2.45) is 14.1 Å². The molecular weight excluding hydrogens is 392 g/mol. The zero-order valence-corrected chi connectivity index (χ0v) is 17.2. The highest BCUT2D eigenvalue weighted by Crippen LogP contribution is 2.24. The van der Waals surface area contributed by atoms with E-state index in [9.17, 15) is 19.2 Å². The summed E-state index contributed by atoms with van der Waals surface area (Å²) < 4.78 is 17.9. The van der Waals surface area contributed by atoms with Crippen molar-refractivity contribution in [1.82, 2.24) is 9.13 Å². The predicted octanol–water partition coefficient (Wildman–Crippen LogP) is 1.18. The van der Waals surface area contributed by atoms with Crippen LogP contribution in [0.25, 0.3) is 11.0 Å². The van der Waals surface area contributed by atoms with Crippen molar-refractivity contribution in [3.05, 3.63) is 72.3 Å². The van der Waals surface area contributed by atoms with Gasteiger partial charge in [-0.3, -0.25) is 18.7 Å². The van der Waals surface area contributed by atoms with Gasteiger partial charge in [0, 0.05) is 43.6 Å². The van der Waals surface area contributed by atoms with Gasteiger partial charge in [-0.2, -0.15) is 0 Å². The molecule has 2 aromatic heterocycles. The number of carbonyl (C=O) groups excluding carboxylic acids is 1. The van der Waals surface area contributed by atoms with E-state index in [1.807, 2.05) is 0 Å². The van der Waals surface area contributed by atoms with Gasteiger partial charge in [0.25, 0.3) is 5.56 Å². The molecule has 0 aliphatic carbocycles. The maximum Gasteiger partial charge on any atom is 0.339 e. The number of rotatable bonds is 6. The number of methoxy groups -OCH3 is 1. The van der Waals surface area contributed by atoms with E-state index >= 15 is 0 Å². The first kappa shape index (κ1) is 21.1. The first-order chi connectivity index (χ1) is 14.2. The van der Waals surface area contributed by atoms with Gasteiger partial charge in [-0.25, -0.2) is 9.59 Å². The molecule has 2 heterocycles. The normalized spacial score (nSPS) is 10.9. The summed E-state index contributed by atoms with van der Waals surface area (Å²) in [6.07, 6.45) is 0.0938. The fourth-order valence-electron chi connectivity index (χ4n) is 3.16. The standard InChI is InChI=1S/C21H22N2O7/c1-12-15-6-5-14(28-4)10-17(15)30-20(26)16(12)7-8-19(25)29-11-13-9-18(24)23(3)21(27)22(13)2/h5-6,9-10H,7-8,11H2,1-4H3. The fraction of sp³-hybridized carbons (Fsp3) is 0.333. The van der Waals surface area contributed by atoms with Gasteiger partial charge in [0.1, 0.15) is 17.9 Å². The Morgan fingerprint density at radius 2 is 1.83 bits per heavy atom. The molecule has 3 aromatic rings. The van der Waals surface area contributed by atoms with E-state index in [1.54, 1.807) is 25.1 Å². The molecule has 3 rings (SSSR count). The summed E-state index contributed by atoms with van der Waals surface area (Å²) in [6, 6.07) is 6.44. The molecule has 0 saturated carbocycles. The molecular formula is C21H22N2O7. The van der Waals surface area contributed by atoms with E-state index in [0.717, 1.165) is 15.5 Å². The smallest absolute Gasteiger partial charge is 0.339 e. The van der Waals surface area contributed by atoms with Crippen molar-refractivity contribution < 1.29 is 18.7 Å². The van der Waals surface area contributed by atoms with Crippen LogP contribution in [0.3, 0.4) is 0 Å². The van der Waals surface area contributed by atoms with Crippen LogP contribution >= 0.6 is 0 Å². The van der Waals surface area contributed by atoms with E-state index in [-0.39, 0.29) is 25.1 Å². The first-order valence-electron chi connectivity index (χ1n) is 9.24. The van der Waals surface area contributed by atoms with E-state index < -0.39 is 22.8 Å². The Bertz CT molecular complexity index is 1300. The number of carbonyl (C=O) groups is 1. The highest BCUT2D eigenvalue weighted by molar-refractivity contribution is 5.82. The largest absolute Gasteiger partial charge is 0.497 e. The van der Waals surface area contributed by atoms with Crippen LogP contribution in [0, 0.1) is 6.92 Å². The molecule has 0 aliphatic heterocycles. The molecule has 0 spiro atoms. The lowest BCUT2D eigenvalue weighted by molar-refractivity contribution is -0.145. The molecule has 0 aliphatic rings. The lowest BCUT2D eigenvalue weighted by Crippen LogP contribution is -2.38. The lowest BCUT2D eigenvalue weighted by Gasteiger charge is -2.11. The second-order valence-corrected chi connectivity index (χ2v) is 6.89. The van der Waals surface area contributed by atoms with Crippen LogP contribution in [-0.2, 0) is 36.7 Å². The highest BCUT2D eigenvalue weighted by Gasteiger charge is 2.15. The van der Waals surface area contributed by atoms with Crippen molar-refractivity contribution in [2.75, 3.05) is 7.11 Å². The van der Waals surface area contributed by atoms with Crippen LogP contribution in [0.2, 0.25) is 0 Å². The van der Waals surface area contributed by atoms with Gasteiger partial charge in [0.2, 0.25) is 0 Å². The van der Waals surface area contributed by atoms with Crippen molar-refractivity contribution in [3.8, 4) is 5.75 Å². The van der Waals surface area contributed by atoms with Crippen molar-refractivity contribution in [1.29, 1.82) is 0 Å². The van der Waals surface area contributed by atoms with Crippen LogP contribution in [-0.4, -0.2) is 22.2 Å². The van der Waals surface area contributed by atoms with Gasteiger partial charge >= 0.3 is 17.3 Å². The second kappa shape index (κ2) is 8.40. The molecule has 0 fully saturated rings. The van der Waals surface area contributed by atoms with Crippen LogP contribution < -0.4 is 21.6 Å².